The fourth-order valence-electron chi connectivity index (χ4n) is 12.2. The summed E-state index contributed by atoms with van der Waals surface area (Å²) < 4.78 is 70.1. The van der Waals surface area contributed by atoms with Crippen molar-refractivity contribution in [3.63, 3.8) is 0 Å². The molecule has 5 amide bonds. The average Bonchev–Trinajstić information content (AvgIpc) is 1.44. The minimum Gasteiger partial charge on any atom is -0.491 e. The number of nitrogens with one attached hydrogen (secondary N) is 4. The van der Waals surface area contributed by atoms with Crippen molar-refractivity contribution in [3.05, 3.63) is 173 Å². The van der Waals surface area contributed by atoms with Crippen molar-refractivity contribution in [1.29, 1.82) is 0 Å². The zero-order valence-electron chi connectivity index (χ0n) is 58.6. The van der Waals surface area contributed by atoms with E-state index in [9.17, 15) is 32.8 Å². The Kier molecular flexibility index (Phi) is 25.2. The van der Waals surface area contributed by atoms with Crippen molar-refractivity contribution >= 4 is 47.2 Å². The largest absolute Gasteiger partial charge is 0.491 e. The van der Waals surface area contributed by atoms with Gasteiger partial charge in [0.15, 0.2) is 17.2 Å². The van der Waals surface area contributed by atoms with Crippen LogP contribution in [0.2, 0.25) is 0 Å². The van der Waals surface area contributed by atoms with Crippen molar-refractivity contribution < 1.29 is 70.4 Å². The van der Waals surface area contributed by atoms with Gasteiger partial charge >= 0.3 is 12.2 Å². The van der Waals surface area contributed by atoms with E-state index in [2.05, 4.69) is 48.5 Å². The van der Waals surface area contributed by atoms with Crippen LogP contribution < -0.4 is 30.9 Å². The Balaban J connectivity index is 0.634. The SMILES string of the molecule is C[C@@H](C(=O)N[C@H](C(=O)C1Cc2cc(OCCOCCOCCOCCNCc3ccc(-n4cc(NC(=O)c5coc(-c6ccnc(N(CC7CC7)C(=O)OC(C)(C)C)c6)n5)c(C(F)F)n4)cc3)ccc2C[C@H]1C(=O)N[C@@H]1CCCc2ccccc21)C(C)(C)C)N(C)C(=O)OCc1ccccc1. The van der Waals surface area contributed by atoms with E-state index in [-0.39, 0.29) is 54.6 Å². The topological polar surface area (TPSA) is 269 Å². The first-order chi connectivity index (χ1) is 48.5. The van der Waals surface area contributed by atoms with Crippen LogP contribution in [0.5, 0.6) is 5.75 Å². The quantitative estimate of drug-likeness (QED) is 0.0285. The predicted molar refractivity (Wildman–Crippen MR) is 374 cm³/mol. The molecule has 0 saturated heterocycles. The number of anilines is 2. The van der Waals surface area contributed by atoms with Crippen LogP contribution in [0.15, 0.2) is 132 Å². The lowest BCUT2D eigenvalue weighted by Gasteiger charge is -2.39. The summed E-state index contributed by atoms with van der Waals surface area (Å²) in [4.78, 5) is 94.9. The third-order valence-electron chi connectivity index (χ3n) is 18.0. The molecule has 4 aromatic carbocycles. The van der Waals surface area contributed by atoms with Crippen molar-refractivity contribution in [3.8, 4) is 22.9 Å². The van der Waals surface area contributed by atoms with Crippen LogP contribution in [0, 0.1) is 23.2 Å². The summed E-state index contributed by atoms with van der Waals surface area (Å²) in [7, 11) is 1.48. The number of fused-ring (bicyclic) bond motifs is 2. The van der Waals surface area contributed by atoms with E-state index in [0.29, 0.717) is 94.4 Å². The predicted octanol–water partition coefficient (Wildman–Crippen LogP) is 11.8. The van der Waals surface area contributed by atoms with Gasteiger partial charge < -0.3 is 54.1 Å². The molecule has 25 heteroatoms. The highest BCUT2D eigenvalue weighted by atomic mass is 19.3. The molecule has 3 aromatic heterocycles. The van der Waals surface area contributed by atoms with Crippen LogP contribution in [0.3, 0.4) is 0 Å². The second-order valence-corrected chi connectivity index (χ2v) is 27.9. The molecule has 5 atom stereocenters. The smallest absolute Gasteiger partial charge is 0.416 e. The summed E-state index contributed by atoms with van der Waals surface area (Å²) in [6.07, 6.45) is 4.87. The fourth-order valence-corrected chi connectivity index (χ4v) is 12.2. The lowest BCUT2D eigenvalue weighted by Crippen LogP contribution is -2.58. The second-order valence-electron chi connectivity index (χ2n) is 27.9. The minimum absolute atomic E-state index is 0.0331. The Hall–Kier alpha value is -9.43. The molecule has 0 bridgehead atoms. The number of aryl methyl sites for hydroxylation is 1. The summed E-state index contributed by atoms with van der Waals surface area (Å²) in [5.74, 6) is -2.02. The Morgan fingerprint density at radius 3 is 2.17 bits per heavy atom. The molecule has 23 nitrogen and oxygen atoms in total. The molecule has 101 heavy (non-hydrogen) atoms. The van der Waals surface area contributed by atoms with Crippen LogP contribution in [0.1, 0.15) is 136 Å². The van der Waals surface area contributed by atoms with Crippen molar-refractivity contribution in [1.82, 2.24) is 40.6 Å². The Labute approximate surface area is 587 Å². The molecule has 7 aromatic rings. The lowest BCUT2D eigenvalue weighted by atomic mass is 9.69. The number of pyridine rings is 1. The average molecular weight is 1390 g/mol. The summed E-state index contributed by atoms with van der Waals surface area (Å²) in [6.45, 7) is 16.5. The number of oxazole rings is 1. The number of ketones is 1. The molecule has 0 radical (unpaired) electrons. The van der Waals surface area contributed by atoms with Crippen molar-refractivity contribution in [2.75, 3.05) is 76.6 Å². The van der Waals surface area contributed by atoms with Gasteiger partial charge in [-0.2, -0.15) is 5.10 Å². The van der Waals surface area contributed by atoms with Gasteiger partial charge in [-0.05, 0) is 154 Å². The fraction of sp³-hybridized carbons (Fsp3) is 0.461. The zero-order valence-corrected chi connectivity index (χ0v) is 58.6. The number of aromatic nitrogens is 4. The van der Waals surface area contributed by atoms with E-state index < -0.39 is 71.1 Å². The number of amides is 5. The molecule has 0 aliphatic heterocycles. The van der Waals surface area contributed by atoms with Gasteiger partial charge in [0.25, 0.3) is 12.3 Å². The molecular formula is C76H92F2N10O13. The number of rotatable bonds is 32. The Morgan fingerprint density at radius 2 is 1.46 bits per heavy atom. The number of hydrogen-bond acceptors (Lipinski definition) is 17. The standard InChI is InChI=1S/C76H92F2N10O13/c1-48(86(8)73(93)100-46-51-15-10-9-11-16-51)69(90)84-67(75(2,3)4)66(89)59-41-55-39-57(28-25-53(55)40-60(59)70(91)81-61-20-14-18-52-17-12-13-19-58(52)61)98-38-37-97-36-35-96-34-33-95-32-31-79-43-49-23-26-56(27-24-49)88-45-62(65(85-88)68(77)78)82-71(92)63-47-99-72(83-63)54-29-30-80-64(42-54)87(44-50-21-22-50)74(94)101-76(5,6)7/h9-13,15-17,19,23-30,39,42,45,47-48,50,59-61,67-68,79H,14,18,20-22,31-38,40-41,43-44,46H2,1-8H3,(H,81,91)(H,82,92)(H,84,90)/t48-,59?,60+,61+,67+/m0/s1. The number of carbonyl (C=O) groups is 6. The first-order valence-electron chi connectivity index (χ1n) is 34.5. The highest BCUT2D eigenvalue weighted by Gasteiger charge is 2.46. The first kappa shape index (κ1) is 74.3. The molecule has 0 spiro atoms. The number of carbonyl (C=O) groups excluding carboxylic acids is 6. The van der Waals surface area contributed by atoms with Gasteiger partial charge in [0.1, 0.15) is 42.7 Å². The molecule has 538 valence electrons. The zero-order chi connectivity index (χ0) is 71.8. The molecule has 1 fully saturated rings. The van der Waals surface area contributed by atoms with Crippen LogP contribution >= 0.6 is 0 Å². The number of Topliss-reactive ketones (excluding diaryl/α,β-unsaturated/α-hetero) is 1. The summed E-state index contributed by atoms with van der Waals surface area (Å²) in [5, 5.41) is 16.2. The number of nitrogens with zero attached hydrogens (tertiary/aromatic N) is 6. The molecule has 3 aliphatic carbocycles. The molecule has 3 aliphatic rings. The van der Waals surface area contributed by atoms with E-state index in [1.54, 1.807) is 52.0 Å². The van der Waals surface area contributed by atoms with E-state index >= 15 is 4.79 Å². The second kappa shape index (κ2) is 34.3. The van der Waals surface area contributed by atoms with Crippen molar-refractivity contribution in [2.24, 2.45) is 23.2 Å². The van der Waals surface area contributed by atoms with Gasteiger partial charge in [0.05, 0.1) is 75.2 Å². The maximum absolute atomic E-state index is 15.2. The molecule has 1 saturated carbocycles. The summed E-state index contributed by atoms with van der Waals surface area (Å²) in [6, 6.07) is 31.3. The molecular weight excluding hydrogens is 1300 g/mol. The van der Waals surface area contributed by atoms with E-state index in [1.807, 2.05) is 93.6 Å². The van der Waals surface area contributed by atoms with Gasteiger partial charge in [-0.3, -0.25) is 29.0 Å². The number of benzene rings is 4. The maximum atomic E-state index is 15.2. The summed E-state index contributed by atoms with van der Waals surface area (Å²) >= 11 is 0. The Bertz CT molecular complexity index is 3960. The van der Waals surface area contributed by atoms with E-state index in [4.69, 9.17) is 32.8 Å². The first-order valence-corrected chi connectivity index (χ1v) is 34.5. The van der Waals surface area contributed by atoms with Crippen LogP contribution in [-0.2, 0) is 70.5 Å². The third-order valence-corrected chi connectivity index (χ3v) is 18.0. The van der Waals surface area contributed by atoms with Crippen LogP contribution in [0.25, 0.3) is 17.1 Å². The summed E-state index contributed by atoms with van der Waals surface area (Å²) in [5.41, 5.74) is 4.27. The normalized spacial score (nSPS) is 16.4. The van der Waals surface area contributed by atoms with Gasteiger partial charge in [0, 0.05) is 44.4 Å². The molecule has 4 N–H and O–H groups in total. The number of ether oxygens (including phenoxy) is 6. The monoisotopic (exact) mass is 1390 g/mol. The maximum Gasteiger partial charge on any atom is 0.416 e. The van der Waals surface area contributed by atoms with Gasteiger partial charge in [-0.25, -0.2) is 33.0 Å². The van der Waals surface area contributed by atoms with Crippen molar-refractivity contribution in [2.45, 2.75) is 137 Å². The minimum atomic E-state index is -3.00. The van der Waals surface area contributed by atoms with Gasteiger partial charge in [-0.1, -0.05) is 93.6 Å². The highest BCUT2D eigenvalue weighted by Crippen LogP contribution is 2.39. The highest BCUT2D eigenvalue weighted by molar-refractivity contribution is 6.03. The van der Waals surface area contributed by atoms with Gasteiger partial charge in [-0.15, -0.1) is 0 Å². The van der Waals surface area contributed by atoms with Gasteiger partial charge in [0.2, 0.25) is 17.7 Å². The molecule has 1 unspecified atom stereocenters. The van der Waals surface area contributed by atoms with E-state index in [1.165, 1.54) is 39.5 Å². The lowest BCUT2D eigenvalue weighted by molar-refractivity contribution is -0.139. The number of hydrogen-bond donors (Lipinski definition) is 4. The Morgan fingerprint density at radius 1 is 0.752 bits per heavy atom. The van der Waals surface area contributed by atoms with Crippen LogP contribution in [-0.4, -0.2) is 144 Å². The molecule has 3 heterocycles. The van der Waals surface area contributed by atoms with Crippen LogP contribution in [0.4, 0.5) is 29.9 Å². The number of alkyl halides is 2. The molecule has 10 rings (SSSR count). The third kappa shape index (κ3) is 20.6. The number of likely N-dealkylation sites (N-methyl/N-ethyl adjacent to an activating group) is 1. The number of halogens is 2. The van der Waals surface area contributed by atoms with E-state index in [0.717, 1.165) is 66.2 Å².